The highest BCUT2D eigenvalue weighted by atomic mass is 16.2. The molecule has 38 heavy (non-hydrogen) atoms. The number of rotatable bonds is 5. The summed E-state index contributed by atoms with van der Waals surface area (Å²) in [6, 6.07) is 13.2. The average Bonchev–Trinajstić information content (AvgIpc) is 3.47. The second kappa shape index (κ2) is 11.0. The van der Waals surface area contributed by atoms with Crippen LogP contribution < -0.4 is 15.5 Å². The van der Waals surface area contributed by atoms with E-state index >= 15 is 0 Å². The molecule has 0 aliphatic carbocycles. The largest absolute Gasteiger partial charge is 0.341 e. The summed E-state index contributed by atoms with van der Waals surface area (Å²) in [5.41, 5.74) is 5.82. The molecule has 0 saturated carbocycles. The van der Waals surface area contributed by atoms with Crippen molar-refractivity contribution in [3.8, 4) is 23.0 Å². The number of carbonyl (C=O) groups excluding carboxylic acids is 1. The van der Waals surface area contributed by atoms with E-state index in [2.05, 4.69) is 32.4 Å². The molecule has 2 N–H and O–H groups in total. The number of nitrogens with zero attached hydrogens (tertiary/aromatic N) is 5. The smallest absolute Gasteiger partial charge is 0.242 e. The fourth-order valence-electron chi connectivity index (χ4n) is 4.62. The Hall–Kier alpha value is -4.35. The molecule has 1 aromatic carbocycles. The van der Waals surface area contributed by atoms with Gasteiger partial charge in [0.2, 0.25) is 11.9 Å². The maximum Gasteiger partial charge on any atom is 0.242 e. The molecule has 8 heteroatoms. The molecule has 1 aliphatic heterocycles. The molecule has 4 heterocycles. The summed E-state index contributed by atoms with van der Waals surface area (Å²) in [7, 11) is 1.74. The lowest BCUT2D eigenvalue weighted by molar-refractivity contribution is -0.117. The number of anilines is 2. The zero-order valence-electron chi connectivity index (χ0n) is 22.2. The van der Waals surface area contributed by atoms with Gasteiger partial charge < -0.3 is 15.5 Å². The van der Waals surface area contributed by atoms with Crippen LogP contribution in [0.4, 0.5) is 11.8 Å². The summed E-state index contributed by atoms with van der Waals surface area (Å²) in [5, 5.41) is 6.85. The number of fused-ring (bicyclic) bond motifs is 1. The van der Waals surface area contributed by atoms with Crippen molar-refractivity contribution in [1.82, 2.24) is 25.3 Å². The van der Waals surface area contributed by atoms with Crippen molar-refractivity contribution in [2.45, 2.75) is 39.7 Å². The topological polar surface area (TPSA) is 95.9 Å². The first-order chi connectivity index (χ1) is 18.4. The third-order valence-corrected chi connectivity index (χ3v) is 6.82. The number of pyridine rings is 2. The molecule has 0 bridgehead atoms. The van der Waals surface area contributed by atoms with Crippen LogP contribution in [0.1, 0.15) is 42.4 Å². The minimum Gasteiger partial charge on any atom is -0.341 e. The number of aromatic nitrogens is 4. The molecular weight excluding hydrogens is 474 g/mol. The predicted octanol–water partition coefficient (Wildman–Crippen LogP) is 4.25. The number of benzene rings is 1. The summed E-state index contributed by atoms with van der Waals surface area (Å²) >= 11 is 0. The molecule has 1 amide bonds. The first kappa shape index (κ1) is 25.3. The molecule has 4 aromatic rings. The van der Waals surface area contributed by atoms with Gasteiger partial charge >= 0.3 is 0 Å². The highest BCUT2D eigenvalue weighted by Crippen LogP contribution is 2.30. The monoisotopic (exact) mass is 505 g/mol. The maximum absolute atomic E-state index is 12.5. The summed E-state index contributed by atoms with van der Waals surface area (Å²) in [5.74, 6) is 7.57. The highest BCUT2D eigenvalue weighted by molar-refractivity contribution is 5.94. The van der Waals surface area contributed by atoms with Gasteiger partial charge in [0, 0.05) is 41.4 Å². The molecule has 0 spiro atoms. The van der Waals surface area contributed by atoms with Crippen molar-refractivity contribution < 1.29 is 4.79 Å². The summed E-state index contributed by atoms with van der Waals surface area (Å²) in [6.07, 6.45) is 4.11. The normalized spacial score (nSPS) is 13.7. The van der Waals surface area contributed by atoms with Gasteiger partial charge in [0.25, 0.3) is 0 Å². The van der Waals surface area contributed by atoms with Crippen LogP contribution in [-0.4, -0.2) is 52.0 Å². The van der Waals surface area contributed by atoms with Gasteiger partial charge in [-0.3, -0.25) is 9.78 Å². The quantitative estimate of drug-likeness (QED) is 0.392. The minimum atomic E-state index is -0.353. The first-order valence-corrected chi connectivity index (χ1v) is 12.9. The Morgan fingerprint density at radius 2 is 1.76 bits per heavy atom. The Morgan fingerprint density at radius 1 is 1.00 bits per heavy atom. The van der Waals surface area contributed by atoms with Crippen molar-refractivity contribution in [3.63, 3.8) is 0 Å². The molecule has 8 nitrogen and oxygen atoms in total. The SMILES string of the molecule is CNC(C)C(=O)Nc1ccc(-c2c(C)nc(N3CCCC3)nc2C)c(C#Cc2ccc3ncccc3c2)n1. The number of hydrogen-bond donors (Lipinski definition) is 2. The molecule has 1 fully saturated rings. The summed E-state index contributed by atoms with van der Waals surface area (Å²) in [6.45, 7) is 7.77. The van der Waals surface area contributed by atoms with Crippen molar-refractivity contribution in [2.75, 3.05) is 30.4 Å². The van der Waals surface area contributed by atoms with Gasteiger partial charge in [-0.2, -0.15) is 0 Å². The third-order valence-electron chi connectivity index (χ3n) is 6.82. The second-order valence-electron chi connectivity index (χ2n) is 9.52. The Labute approximate surface area is 222 Å². The zero-order chi connectivity index (χ0) is 26.6. The van der Waals surface area contributed by atoms with Gasteiger partial charge in [0.15, 0.2) is 0 Å². The van der Waals surface area contributed by atoms with Crippen molar-refractivity contribution in [2.24, 2.45) is 0 Å². The lowest BCUT2D eigenvalue weighted by Crippen LogP contribution is -2.35. The summed E-state index contributed by atoms with van der Waals surface area (Å²) < 4.78 is 0. The number of hydrogen-bond acceptors (Lipinski definition) is 7. The molecule has 192 valence electrons. The van der Waals surface area contributed by atoms with Gasteiger partial charge in [-0.25, -0.2) is 15.0 Å². The minimum absolute atomic E-state index is 0.167. The van der Waals surface area contributed by atoms with Crippen LogP contribution >= 0.6 is 0 Å². The van der Waals surface area contributed by atoms with Crippen molar-refractivity contribution in [1.29, 1.82) is 0 Å². The van der Waals surface area contributed by atoms with E-state index in [1.165, 1.54) is 0 Å². The summed E-state index contributed by atoms with van der Waals surface area (Å²) in [4.78, 5) is 33.6. The van der Waals surface area contributed by atoms with E-state index in [1.54, 1.807) is 26.2 Å². The Kier molecular flexibility index (Phi) is 7.29. The molecule has 1 atom stereocenters. The average molecular weight is 506 g/mol. The van der Waals surface area contributed by atoms with Gasteiger partial charge in [0.1, 0.15) is 11.5 Å². The maximum atomic E-state index is 12.5. The van der Waals surface area contributed by atoms with Crippen LogP contribution in [0.5, 0.6) is 0 Å². The van der Waals surface area contributed by atoms with E-state index in [4.69, 9.17) is 15.0 Å². The molecular formula is C30H31N7O. The van der Waals surface area contributed by atoms with E-state index in [-0.39, 0.29) is 11.9 Å². The van der Waals surface area contributed by atoms with E-state index < -0.39 is 0 Å². The van der Waals surface area contributed by atoms with Gasteiger partial charge in [0.05, 0.1) is 22.9 Å². The Bertz CT molecular complexity index is 1540. The second-order valence-corrected chi connectivity index (χ2v) is 9.52. The number of amides is 1. The third kappa shape index (κ3) is 5.34. The van der Waals surface area contributed by atoms with Gasteiger partial charge in [-0.1, -0.05) is 12.0 Å². The van der Waals surface area contributed by atoms with Gasteiger partial charge in [-0.15, -0.1) is 0 Å². The Balaban J connectivity index is 1.58. The number of nitrogens with one attached hydrogen (secondary N) is 2. The predicted molar refractivity (Wildman–Crippen MR) is 151 cm³/mol. The molecule has 0 radical (unpaired) electrons. The van der Waals surface area contributed by atoms with Crippen LogP contribution in [0.3, 0.4) is 0 Å². The molecule has 1 unspecified atom stereocenters. The van der Waals surface area contributed by atoms with Crippen LogP contribution in [0.25, 0.3) is 22.0 Å². The fourth-order valence-corrected chi connectivity index (χ4v) is 4.62. The number of likely N-dealkylation sites (N-methyl/N-ethyl adjacent to an activating group) is 1. The van der Waals surface area contributed by atoms with E-state index in [1.807, 2.05) is 50.2 Å². The number of carbonyl (C=O) groups is 1. The van der Waals surface area contributed by atoms with E-state index in [0.29, 0.717) is 11.5 Å². The van der Waals surface area contributed by atoms with Crippen molar-refractivity contribution >= 4 is 28.6 Å². The van der Waals surface area contributed by atoms with Crippen LogP contribution in [0.2, 0.25) is 0 Å². The lowest BCUT2D eigenvalue weighted by atomic mass is 10.0. The zero-order valence-corrected chi connectivity index (χ0v) is 22.2. The van der Waals surface area contributed by atoms with E-state index in [9.17, 15) is 4.79 Å². The lowest BCUT2D eigenvalue weighted by Gasteiger charge is -2.19. The molecule has 1 aliphatic rings. The molecule has 5 rings (SSSR count). The van der Waals surface area contributed by atoms with Crippen LogP contribution in [-0.2, 0) is 4.79 Å². The van der Waals surface area contributed by atoms with Crippen LogP contribution in [0.15, 0.2) is 48.7 Å². The van der Waals surface area contributed by atoms with Gasteiger partial charge in [-0.05, 0) is 83.0 Å². The molecule has 1 saturated heterocycles. The van der Waals surface area contributed by atoms with Crippen LogP contribution in [0, 0.1) is 25.7 Å². The standard InChI is InChI=1S/C30H31N7O/c1-19-28(20(2)34-30(33-19)37-16-5-6-17-37)24-11-14-27(36-29(38)21(3)31-4)35-26(24)13-10-22-9-12-25-23(18-22)8-7-15-32-25/h7-9,11-12,14-15,18,21,31H,5-6,16-17H2,1-4H3,(H,35,36,38). The first-order valence-electron chi connectivity index (χ1n) is 12.9. The Morgan fingerprint density at radius 3 is 2.50 bits per heavy atom. The highest BCUT2D eigenvalue weighted by Gasteiger charge is 2.20. The number of aryl methyl sites for hydroxylation is 2. The van der Waals surface area contributed by atoms with Crippen molar-refractivity contribution in [3.05, 3.63) is 71.3 Å². The van der Waals surface area contributed by atoms with E-state index in [0.717, 1.165) is 70.9 Å². The molecule has 3 aromatic heterocycles. The fraction of sp³-hybridized carbons (Fsp3) is 0.300.